The minimum absolute atomic E-state index is 0.127. The molecular formula is C24H32N8O2S. The summed E-state index contributed by atoms with van der Waals surface area (Å²) in [6, 6.07) is 11.2. The number of nitrogens with two attached hydrogens (primary N) is 2. The molecule has 0 amide bonds. The van der Waals surface area contributed by atoms with Crippen molar-refractivity contribution >= 4 is 33.6 Å². The van der Waals surface area contributed by atoms with E-state index in [2.05, 4.69) is 49.5 Å². The van der Waals surface area contributed by atoms with Crippen LogP contribution in [-0.2, 0) is 16.6 Å². The summed E-state index contributed by atoms with van der Waals surface area (Å²) in [4.78, 5) is 15.5. The molecule has 1 fully saturated rings. The largest absolute Gasteiger partial charge is 0.368 e. The monoisotopic (exact) mass is 496 g/mol. The number of likely N-dealkylation sites (tertiary alicyclic amines) is 1. The number of hydrogen-bond donors (Lipinski definition) is 4. The molecule has 11 heteroatoms. The van der Waals surface area contributed by atoms with Crippen molar-refractivity contribution in [2.24, 2.45) is 5.14 Å². The van der Waals surface area contributed by atoms with Crippen LogP contribution in [0.5, 0.6) is 0 Å². The number of rotatable bonds is 7. The number of nitrogens with one attached hydrogen (secondary N) is 2. The number of primary sulfonamides is 1. The van der Waals surface area contributed by atoms with Crippen molar-refractivity contribution in [3.63, 3.8) is 0 Å². The SMILES string of the molecule is Cc1cc(C)c(Nc2nc(N)nc(NC3CCN(Cc4ccc(S(N)(=O)=O)cc4)CC3)n2)c(C)c1. The number of hydrogen-bond acceptors (Lipinski definition) is 9. The number of piperidine rings is 1. The molecule has 2 heterocycles. The highest BCUT2D eigenvalue weighted by Crippen LogP contribution is 2.25. The van der Waals surface area contributed by atoms with Crippen molar-refractivity contribution in [3.05, 3.63) is 58.7 Å². The molecule has 0 spiro atoms. The maximum absolute atomic E-state index is 11.4. The van der Waals surface area contributed by atoms with E-state index < -0.39 is 10.0 Å². The molecule has 3 aromatic rings. The Labute approximate surface area is 206 Å². The van der Waals surface area contributed by atoms with Gasteiger partial charge in [-0.15, -0.1) is 0 Å². The molecule has 1 aliphatic heterocycles. The van der Waals surface area contributed by atoms with E-state index in [-0.39, 0.29) is 16.9 Å². The standard InChI is InChI=1S/C24H32N8O2S/c1-15-12-16(2)21(17(3)13-15)28-24-30-22(25)29-23(31-24)27-19-8-10-32(11-9-19)14-18-4-6-20(7-5-18)35(26,33)34/h4-7,12-13,19H,8-11,14H2,1-3H3,(H2,26,33,34)(H4,25,27,28,29,30,31). The predicted octanol–water partition coefficient (Wildman–Crippen LogP) is 2.85. The Bertz CT molecular complexity index is 1280. The van der Waals surface area contributed by atoms with E-state index >= 15 is 0 Å². The van der Waals surface area contributed by atoms with Crippen LogP contribution in [-0.4, -0.2) is 47.4 Å². The first kappa shape index (κ1) is 24.8. The van der Waals surface area contributed by atoms with Crippen LogP contribution in [0.15, 0.2) is 41.3 Å². The van der Waals surface area contributed by atoms with Crippen LogP contribution in [0.3, 0.4) is 0 Å². The molecule has 0 unspecified atom stereocenters. The minimum Gasteiger partial charge on any atom is -0.368 e. The zero-order valence-corrected chi connectivity index (χ0v) is 21.1. The average molecular weight is 497 g/mol. The van der Waals surface area contributed by atoms with Gasteiger partial charge in [0.15, 0.2) is 0 Å². The van der Waals surface area contributed by atoms with Gasteiger partial charge in [-0.1, -0.05) is 29.8 Å². The molecule has 0 aliphatic carbocycles. The van der Waals surface area contributed by atoms with E-state index in [0.29, 0.717) is 11.9 Å². The van der Waals surface area contributed by atoms with E-state index in [0.717, 1.165) is 54.9 Å². The molecule has 10 nitrogen and oxygen atoms in total. The van der Waals surface area contributed by atoms with Crippen LogP contribution in [0.4, 0.5) is 23.5 Å². The zero-order chi connectivity index (χ0) is 25.2. The van der Waals surface area contributed by atoms with Gasteiger partial charge in [0.25, 0.3) is 0 Å². The van der Waals surface area contributed by atoms with Crippen molar-refractivity contribution in [2.45, 2.75) is 51.1 Å². The molecule has 1 saturated heterocycles. The highest BCUT2D eigenvalue weighted by atomic mass is 32.2. The van der Waals surface area contributed by atoms with Crippen molar-refractivity contribution in [3.8, 4) is 0 Å². The lowest BCUT2D eigenvalue weighted by atomic mass is 10.0. The summed E-state index contributed by atoms with van der Waals surface area (Å²) in [5, 5.41) is 11.9. The van der Waals surface area contributed by atoms with Gasteiger partial charge in [-0.3, -0.25) is 4.90 Å². The van der Waals surface area contributed by atoms with E-state index in [1.807, 2.05) is 26.0 Å². The number of sulfonamides is 1. The molecule has 0 bridgehead atoms. The van der Waals surface area contributed by atoms with Crippen LogP contribution < -0.4 is 21.5 Å². The van der Waals surface area contributed by atoms with Crippen molar-refractivity contribution in [2.75, 3.05) is 29.5 Å². The molecular weight excluding hydrogens is 464 g/mol. The van der Waals surface area contributed by atoms with Crippen molar-refractivity contribution < 1.29 is 8.42 Å². The van der Waals surface area contributed by atoms with Gasteiger partial charge in [-0.25, -0.2) is 13.6 Å². The lowest BCUT2D eigenvalue weighted by Gasteiger charge is -2.32. The topological polar surface area (TPSA) is 152 Å². The van der Waals surface area contributed by atoms with Crippen LogP contribution in [0.2, 0.25) is 0 Å². The first-order valence-corrected chi connectivity index (χ1v) is 13.1. The lowest BCUT2D eigenvalue weighted by Crippen LogP contribution is -2.39. The summed E-state index contributed by atoms with van der Waals surface area (Å²) in [5.74, 6) is 1.03. The smallest absolute Gasteiger partial charge is 0.238 e. The fourth-order valence-electron chi connectivity index (χ4n) is 4.46. The van der Waals surface area contributed by atoms with Crippen LogP contribution in [0.25, 0.3) is 0 Å². The third kappa shape index (κ3) is 6.44. The fourth-order valence-corrected chi connectivity index (χ4v) is 4.98. The maximum Gasteiger partial charge on any atom is 0.238 e. The second-order valence-corrected chi connectivity index (χ2v) is 10.7. The molecule has 0 saturated carbocycles. The molecule has 1 aliphatic rings. The normalized spacial score (nSPS) is 15.2. The molecule has 6 N–H and O–H groups in total. The molecule has 0 atom stereocenters. The number of benzene rings is 2. The summed E-state index contributed by atoms with van der Waals surface area (Å²) < 4.78 is 22.9. The van der Waals surface area contributed by atoms with Crippen molar-refractivity contribution in [1.29, 1.82) is 0 Å². The van der Waals surface area contributed by atoms with Gasteiger partial charge >= 0.3 is 0 Å². The maximum atomic E-state index is 11.4. The second kappa shape index (κ2) is 10.1. The van der Waals surface area contributed by atoms with Crippen LogP contribution in [0, 0.1) is 20.8 Å². The van der Waals surface area contributed by atoms with E-state index in [9.17, 15) is 8.42 Å². The van der Waals surface area contributed by atoms with Gasteiger partial charge in [-0.05, 0) is 62.4 Å². The third-order valence-corrected chi connectivity index (χ3v) is 7.07. The Kier molecular flexibility index (Phi) is 7.20. The van der Waals surface area contributed by atoms with Gasteiger partial charge in [0, 0.05) is 31.4 Å². The molecule has 4 rings (SSSR count). The van der Waals surface area contributed by atoms with Gasteiger partial charge in [0.2, 0.25) is 27.9 Å². The molecule has 0 radical (unpaired) electrons. The van der Waals surface area contributed by atoms with E-state index in [1.165, 1.54) is 5.56 Å². The van der Waals surface area contributed by atoms with E-state index in [4.69, 9.17) is 10.9 Å². The van der Waals surface area contributed by atoms with Gasteiger partial charge in [-0.2, -0.15) is 15.0 Å². The average Bonchev–Trinajstić information content (AvgIpc) is 2.77. The summed E-state index contributed by atoms with van der Waals surface area (Å²) in [5.41, 5.74) is 11.4. The number of nitrogen functional groups attached to an aromatic ring is 1. The van der Waals surface area contributed by atoms with Gasteiger partial charge in [0.1, 0.15) is 0 Å². The summed E-state index contributed by atoms with van der Waals surface area (Å²) >= 11 is 0. The van der Waals surface area contributed by atoms with Gasteiger partial charge in [0.05, 0.1) is 4.90 Å². The molecule has 2 aromatic carbocycles. The predicted molar refractivity (Wildman–Crippen MR) is 138 cm³/mol. The molecule has 1 aromatic heterocycles. The zero-order valence-electron chi connectivity index (χ0n) is 20.2. The Hall–Kier alpha value is -3.28. The Morgan fingerprint density at radius 1 is 0.971 bits per heavy atom. The number of nitrogens with zero attached hydrogens (tertiary/aromatic N) is 4. The summed E-state index contributed by atoms with van der Waals surface area (Å²) in [6.07, 6.45) is 1.83. The van der Waals surface area contributed by atoms with Crippen LogP contribution in [0.1, 0.15) is 35.1 Å². The Morgan fingerprint density at radius 2 is 1.57 bits per heavy atom. The lowest BCUT2D eigenvalue weighted by molar-refractivity contribution is 0.211. The van der Waals surface area contributed by atoms with E-state index in [1.54, 1.807) is 12.1 Å². The Morgan fingerprint density at radius 3 is 2.17 bits per heavy atom. The van der Waals surface area contributed by atoms with Crippen LogP contribution >= 0.6 is 0 Å². The fraction of sp³-hybridized carbons (Fsp3) is 0.375. The first-order valence-electron chi connectivity index (χ1n) is 11.5. The minimum atomic E-state index is -3.67. The Balaban J connectivity index is 1.35. The number of anilines is 4. The summed E-state index contributed by atoms with van der Waals surface area (Å²) in [6.45, 7) is 8.70. The quantitative estimate of drug-likeness (QED) is 0.387. The molecule has 186 valence electrons. The van der Waals surface area contributed by atoms with Gasteiger partial charge < -0.3 is 16.4 Å². The second-order valence-electron chi connectivity index (χ2n) is 9.12. The number of aryl methyl sites for hydroxylation is 3. The molecule has 35 heavy (non-hydrogen) atoms. The van der Waals surface area contributed by atoms with Crippen molar-refractivity contribution in [1.82, 2.24) is 19.9 Å². The highest BCUT2D eigenvalue weighted by molar-refractivity contribution is 7.89. The number of aromatic nitrogens is 3. The summed E-state index contributed by atoms with van der Waals surface area (Å²) in [7, 11) is -3.67. The first-order chi connectivity index (χ1) is 16.6. The highest BCUT2D eigenvalue weighted by Gasteiger charge is 2.21. The third-order valence-electron chi connectivity index (χ3n) is 6.15.